The van der Waals surface area contributed by atoms with Crippen LogP contribution in [0.3, 0.4) is 0 Å². The lowest BCUT2D eigenvalue weighted by Gasteiger charge is -2.20. The van der Waals surface area contributed by atoms with Crippen molar-refractivity contribution in [2.75, 3.05) is 5.73 Å². The van der Waals surface area contributed by atoms with Gasteiger partial charge in [0.05, 0.1) is 17.9 Å². The molecule has 1 aromatic carbocycles. The van der Waals surface area contributed by atoms with Gasteiger partial charge in [-0.25, -0.2) is 0 Å². The van der Waals surface area contributed by atoms with Crippen LogP contribution >= 0.6 is 15.9 Å². The predicted molar refractivity (Wildman–Crippen MR) is 85.7 cm³/mol. The summed E-state index contributed by atoms with van der Waals surface area (Å²) in [4.78, 5) is 0. The van der Waals surface area contributed by atoms with E-state index in [-0.39, 0.29) is 0 Å². The number of benzene rings is 1. The number of nitrogen functional groups attached to an aromatic ring is 1. The molecule has 1 fully saturated rings. The normalized spacial score (nSPS) is 16.4. The number of halogens is 1. The minimum absolute atomic E-state index is 0.565. The van der Waals surface area contributed by atoms with Crippen LogP contribution in [0.1, 0.15) is 49.3 Å². The van der Waals surface area contributed by atoms with Gasteiger partial charge in [-0.05, 0) is 30.5 Å². The molecule has 1 aliphatic carbocycles. The number of hydrogen-bond donors (Lipinski definition) is 1. The lowest BCUT2D eigenvalue weighted by Crippen LogP contribution is -2.08. The molecule has 3 rings (SSSR count). The molecule has 3 nitrogen and oxygen atoms in total. The van der Waals surface area contributed by atoms with Crippen molar-refractivity contribution in [1.29, 1.82) is 0 Å². The zero-order chi connectivity index (χ0) is 13.9. The summed E-state index contributed by atoms with van der Waals surface area (Å²) in [5, 5.41) is 4.73. The molecule has 0 atom stereocenters. The van der Waals surface area contributed by atoms with E-state index >= 15 is 0 Å². The Kier molecular flexibility index (Phi) is 4.10. The van der Waals surface area contributed by atoms with E-state index in [1.54, 1.807) is 0 Å². The summed E-state index contributed by atoms with van der Waals surface area (Å²) in [6, 6.07) is 8.35. The smallest absolute Gasteiger partial charge is 0.0884 e. The molecule has 106 valence electrons. The Bertz CT molecular complexity index is 568. The molecule has 2 N–H and O–H groups in total. The summed E-state index contributed by atoms with van der Waals surface area (Å²) in [6.45, 7) is 0.782. The average Bonchev–Trinajstić information content (AvgIpc) is 2.83. The second kappa shape index (κ2) is 6.00. The van der Waals surface area contributed by atoms with E-state index in [2.05, 4.69) is 40.2 Å². The molecule has 1 aliphatic rings. The zero-order valence-electron chi connectivity index (χ0n) is 11.6. The van der Waals surface area contributed by atoms with Crippen molar-refractivity contribution in [3.05, 3.63) is 46.2 Å². The highest BCUT2D eigenvalue weighted by atomic mass is 79.9. The standard InChI is InChI=1S/C16H20BrN3/c17-14-8-6-12(7-9-14)10-20-11-15(18)16(19-20)13-4-2-1-3-5-13/h6-9,11,13H,1-5,10,18H2. The van der Waals surface area contributed by atoms with Gasteiger partial charge in [0.25, 0.3) is 0 Å². The minimum Gasteiger partial charge on any atom is -0.396 e. The molecule has 0 spiro atoms. The predicted octanol–water partition coefficient (Wildman–Crippen LogP) is 4.32. The van der Waals surface area contributed by atoms with Gasteiger partial charge in [-0.2, -0.15) is 5.10 Å². The van der Waals surface area contributed by atoms with Gasteiger partial charge in [-0.1, -0.05) is 47.3 Å². The second-order valence-electron chi connectivity index (χ2n) is 5.63. The zero-order valence-corrected chi connectivity index (χ0v) is 13.1. The van der Waals surface area contributed by atoms with E-state index < -0.39 is 0 Å². The first-order valence-electron chi connectivity index (χ1n) is 7.29. The number of aromatic nitrogens is 2. The Morgan fingerprint density at radius 2 is 1.85 bits per heavy atom. The van der Waals surface area contributed by atoms with Crippen LogP contribution < -0.4 is 5.73 Å². The molecular weight excluding hydrogens is 314 g/mol. The van der Waals surface area contributed by atoms with Crippen LogP contribution in [-0.4, -0.2) is 9.78 Å². The van der Waals surface area contributed by atoms with Gasteiger partial charge < -0.3 is 5.73 Å². The molecular formula is C16H20BrN3. The van der Waals surface area contributed by atoms with Crippen LogP contribution in [0.25, 0.3) is 0 Å². The summed E-state index contributed by atoms with van der Waals surface area (Å²) < 4.78 is 3.08. The van der Waals surface area contributed by atoms with E-state index in [4.69, 9.17) is 10.8 Å². The maximum atomic E-state index is 6.16. The number of nitrogens with zero attached hydrogens (tertiary/aromatic N) is 2. The summed E-state index contributed by atoms with van der Waals surface area (Å²) in [7, 11) is 0. The number of nitrogens with two attached hydrogens (primary N) is 1. The molecule has 0 unspecified atom stereocenters. The van der Waals surface area contributed by atoms with Crippen molar-refractivity contribution in [2.45, 2.75) is 44.6 Å². The second-order valence-corrected chi connectivity index (χ2v) is 6.54. The molecule has 0 amide bonds. The van der Waals surface area contributed by atoms with Crippen molar-refractivity contribution in [3.8, 4) is 0 Å². The lowest BCUT2D eigenvalue weighted by atomic mass is 9.86. The SMILES string of the molecule is Nc1cn(Cc2ccc(Br)cc2)nc1C1CCCCC1. The van der Waals surface area contributed by atoms with Gasteiger partial charge in [0.15, 0.2) is 0 Å². The summed E-state index contributed by atoms with van der Waals surface area (Å²) in [6.07, 6.45) is 8.42. The fraction of sp³-hybridized carbons (Fsp3) is 0.438. The van der Waals surface area contributed by atoms with E-state index in [1.165, 1.54) is 37.7 Å². The van der Waals surface area contributed by atoms with Gasteiger partial charge in [0, 0.05) is 16.6 Å². The van der Waals surface area contributed by atoms with Gasteiger partial charge in [-0.15, -0.1) is 0 Å². The highest BCUT2D eigenvalue weighted by Crippen LogP contribution is 2.34. The van der Waals surface area contributed by atoms with Gasteiger partial charge >= 0.3 is 0 Å². The van der Waals surface area contributed by atoms with E-state index in [9.17, 15) is 0 Å². The third kappa shape index (κ3) is 3.06. The van der Waals surface area contributed by atoms with Crippen LogP contribution in [0, 0.1) is 0 Å². The number of hydrogen-bond acceptors (Lipinski definition) is 2. The Hall–Kier alpha value is -1.29. The Balaban J connectivity index is 1.76. The molecule has 2 aromatic rings. The van der Waals surface area contributed by atoms with Crippen molar-refractivity contribution in [2.24, 2.45) is 0 Å². The third-order valence-electron chi connectivity index (χ3n) is 4.07. The Labute approximate surface area is 128 Å². The highest BCUT2D eigenvalue weighted by Gasteiger charge is 2.20. The van der Waals surface area contributed by atoms with E-state index in [1.807, 2.05) is 10.9 Å². The van der Waals surface area contributed by atoms with Crippen LogP contribution in [-0.2, 0) is 6.54 Å². The molecule has 1 heterocycles. The summed E-state index contributed by atoms with van der Waals surface area (Å²) in [5.41, 5.74) is 9.37. The quantitative estimate of drug-likeness (QED) is 0.908. The van der Waals surface area contributed by atoms with E-state index in [0.29, 0.717) is 5.92 Å². The summed E-state index contributed by atoms with van der Waals surface area (Å²) >= 11 is 3.46. The largest absolute Gasteiger partial charge is 0.396 e. The molecule has 0 radical (unpaired) electrons. The Morgan fingerprint density at radius 3 is 2.55 bits per heavy atom. The van der Waals surface area contributed by atoms with Gasteiger partial charge in [0.2, 0.25) is 0 Å². The molecule has 0 bridgehead atoms. The van der Waals surface area contributed by atoms with Crippen LogP contribution in [0.5, 0.6) is 0 Å². The average molecular weight is 334 g/mol. The highest BCUT2D eigenvalue weighted by molar-refractivity contribution is 9.10. The van der Waals surface area contributed by atoms with Crippen molar-refractivity contribution >= 4 is 21.6 Å². The monoisotopic (exact) mass is 333 g/mol. The molecule has 20 heavy (non-hydrogen) atoms. The lowest BCUT2D eigenvalue weighted by molar-refractivity contribution is 0.433. The molecule has 4 heteroatoms. The number of anilines is 1. The van der Waals surface area contributed by atoms with Crippen molar-refractivity contribution in [3.63, 3.8) is 0 Å². The topological polar surface area (TPSA) is 43.8 Å². The van der Waals surface area contributed by atoms with Crippen LogP contribution in [0.15, 0.2) is 34.9 Å². The first-order valence-corrected chi connectivity index (χ1v) is 8.09. The maximum Gasteiger partial charge on any atom is 0.0884 e. The fourth-order valence-corrected chi connectivity index (χ4v) is 3.27. The molecule has 1 aromatic heterocycles. The van der Waals surface area contributed by atoms with Crippen LogP contribution in [0.4, 0.5) is 5.69 Å². The van der Waals surface area contributed by atoms with Gasteiger partial charge in [-0.3, -0.25) is 4.68 Å². The van der Waals surface area contributed by atoms with Gasteiger partial charge in [0.1, 0.15) is 0 Å². The van der Waals surface area contributed by atoms with Crippen molar-refractivity contribution in [1.82, 2.24) is 9.78 Å². The first-order chi connectivity index (χ1) is 9.72. The first kappa shape index (κ1) is 13.7. The maximum absolute atomic E-state index is 6.16. The van der Waals surface area contributed by atoms with Crippen LogP contribution in [0.2, 0.25) is 0 Å². The minimum atomic E-state index is 0.565. The van der Waals surface area contributed by atoms with E-state index in [0.717, 1.165) is 22.4 Å². The fourth-order valence-electron chi connectivity index (χ4n) is 3.00. The molecule has 0 saturated heterocycles. The molecule has 0 aliphatic heterocycles. The molecule has 1 saturated carbocycles. The summed E-state index contributed by atoms with van der Waals surface area (Å²) in [5.74, 6) is 0.565. The third-order valence-corrected chi connectivity index (χ3v) is 4.60. The number of rotatable bonds is 3. The van der Waals surface area contributed by atoms with Crippen molar-refractivity contribution < 1.29 is 0 Å². The Morgan fingerprint density at radius 1 is 1.15 bits per heavy atom.